The van der Waals surface area contributed by atoms with E-state index in [4.69, 9.17) is 23.8 Å². The molecule has 0 saturated heterocycles. The zero-order valence-corrected chi connectivity index (χ0v) is 18.0. The van der Waals surface area contributed by atoms with Crippen LogP contribution < -0.4 is 15.4 Å². The smallest absolute Gasteiger partial charge is 0.332 e. The van der Waals surface area contributed by atoms with Crippen molar-refractivity contribution in [3.63, 3.8) is 0 Å². The number of thiocarbonyl (C=S) groups is 1. The van der Waals surface area contributed by atoms with Crippen molar-refractivity contribution in [1.29, 1.82) is 0 Å². The van der Waals surface area contributed by atoms with Gasteiger partial charge in [0.05, 0.1) is 16.1 Å². The summed E-state index contributed by atoms with van der Waals surface area (Å²) in [6.45, 7) is 0. The first kappa shape index (κ1) is 22.9. The molecule has 0 aliphatic rings. The third kappa shape index (κ3) is 6.09. The highest BCUT2D eigenvalue weighted by Crippen LogP contribution is 2.34. The first-order valence-corrected chi connectivity index (χ1v) is 10.9. The third-order valence-electron chi connectivity index (χ3n) is 4.00. The fraction of sp³-hybridized carbons (Fsp3) is 0.0500. The van der Waals surface area contributed by atoms with Crippen LogP contribution >= 0.6 is 23.8 Å². The first-order chi connectivity index (χ1) is 14.5. The van der Waals surface area contributed by atoms with Crippen molar-refractivity contribution in [1.82, 2.24) is 0 Å². The van der Waals surface area contributed by atoms with E-state index < -0.39 is 21.8 Å². The molecule has 0 bridgehead atoms. The normalized spacial score (nSPS) is 11.6. The molecule has 0 aliphatic heterocycles. The van der Waals surface area contributed by atoms with Crippen LogP contribution in [0.2, 0.25) is 5.02 Å². The van der Waals surface area contributed by atoms with Gasteiger partial charge in [-0.15, -0.1) is 0 Å². The van der Waals surface area contributed by atoms with Gasteiger partial charge in [-0.25, -0.2) is 8.42 Å². The Morgan fingerprint density at radius 2 is 1.42 bits per heavy atom. The molecule has 162 valence electrons. The van der Waals surface area contributed by atoms with Crippen LogP contribution in [0.5, 0.6) is 0 Å². The van der Waals surface area contributed by atoms with E-state index in [-0.39, 0.29) is 15.7 Å². The lowest BCUT2D eigenvalue weighted by Gasteiger charge is -2.16. The second-order valence-electron chi connectivity index (χ2n) is 6.26. The third-order valence-corrected chi connectivity index (χ3v) is 5.85. The standard InChI is InChI=1S/C20H15ClF3N3O2S2/c21-13-5-7-15(8-6-13)27-31(28,29)16-11-9-14(10-12-16)25-19(30)26-18-4-2-1-3-17(18)20(22,23)24/h1-12,27H,(H2,25,26,30). The van der Waals surface area contributed by atoms with E-state index in [2.05, 4.69) is 15.4 Å². The predicted molar refractivity (Wildman–Crippen MR) is 120 cm³/mol. The summed E-state index contributed by atoms with van der Waals surface area (Å²) in [5.41, 5.74) is -0.305. The van der Waals surface area contributed by atoms with Crippen LogP contribution in [0.25, 0.3) is 0 Å². The fourth-order valence-corrected chi connectivity index (χ4v) is 3.99. The van der Waals surface area contributed by atoms with Gasteiger partial charge in [-0.3, -0.25) is 4.72 Å². The number of nitrogens with one attached hydrogen (secondary N) is 3. The quantitative estimate of drug-likeness (QED) is 0.388. The number of sulfonamides is 1. The minimum Gasteiger partial charge on any atom is -0.332 e. The van der Waals surface area contributed by atoms with Gasteiger partial charge in [-0.05, 0) is 72.9 Å². The first-order valence-electron chi connectivity index (χ1n) is 8.67. The average molecular weight is 486 g/mol. The molecule has 0 atom stereocenters. The van der Waals surface area contributed by atoms with E-state index >= 15 is 0 Å². The molecule has 0 unspecified atom stereocenters. The van der Waals surface area contributed by atoms with E-state index in [0.29, 0.717) is 16.4 Å². The summed E-state index contributed by atoms with van der Waals surface area (Å²) in [7, 11) is -3.84. The molecule has 3 rings (SSSR count). The predicted octanol–water partition coefficient (Wildman–Crippen LogP) is 5.97. The highest BCUT2D eigenvalue weighted by Gasteiger charge is 2.33. The van der Waals surface area contributed by atoms with Crippen LogP contribution in [0.4, 0.5) is 30.2 Å². The number of benzene rings is 3. The highest BCUT2D eigenvalue weighted by atomic mass is 35.5. The zero-order valence-electron chi connectivity index (χ0n) is 15.6. The Hall–Kier alpha value is -2.82. The Kier molecular flexibility index (Phi) is 6.73. The van der Waals surface area contributed by atoms with Crippen molar-refractivity contribution >= 4 is 56.0 Å². The largest absolute Gasteiger partial charge is 0.418 e. The van der Waals surface area contributed by atoms with Gasteiger partial charge in [0, 0.05) is 16.4 Å². The van der Waals surface area contributed by atoms with Crippen LogP contribution in [0, 0.1) is 0 Å². The number of hydrogen-bond acceptors (Lipinski definition) is 3. The molecule has 0 spiro atoms. The molecule has 0 fully saturated rings. The molecule has 0 radical (unpaired) electrons. The van der Waals surface area contributed by atoms with E-state index in [9.17, 15) is 21.6 Å². The number of anilines is 3. The van der Waals surface area contributed by atoms with E-state index in [1.54, 1.807) is 12.1 Å². The number of alkyl halides is 3. The number of halogens is 4. The molecular weight excluding hydrogens is 471 g/mol. The maximum atomic E-state index is 13.1. The fourth-order valence-electron chi connectivity index (χ4n) is 2.57. The Labute approximate surface area is 187 Å². The second-order valence-corrected chi connectivity index (χ2v) is 8.79. The Bertz CT molecular complexity index is 1180. The summed E-state index contributed by atoms with van der Waals surface area (Å²) < 4.78 is 66.6. The van der Waals surface area contributed by atoms with Crippen LogP contribution in [-0.2, 0) is 16.2 Å². The molecule has 3 aromatic carbocycles. The van der Waals surface area contributed by atoms with Crippen molar-refractivity contribution in [2.24, 2.45) is 0 Å². The minimum absolute atomic E-state index is 0.00528. The van der Waals surface area contributed by atoms with Crippen molar-refractivity contribution in [3.8, 4) is 0 Å². The van der Waals surface area contributed by atoms with Crippen molar-refractivity contribution in [2.45, 2.75) is 11.1 Å². The Balaban J connectivity index is 1.68. The summed E-state index contributed by atoms with van der Waals surface area (Å²) in [4.78, 5) is -0.00528. The van der Waals surface area contributed by atoms with Crippen molar-refractivity contribution in [3.05, 3.63) is 83.4 Å². The molecule has 0 aromatic heterocycles. The van der Waals surface area contributed by atoms with E-state index in [0.717, 1.165) is 6.07 Å². The lowest BCUT2D eigenvalue weighted by Crippen LogP contribution is -2.21. The van der Waals surface area contributed by atoms with Gasteiger partial charge < -0.3 is 10.6 Å². The lowest BCUT2D eigenvalue weighted by atomic mass is 10.1. The maximum Gasteiger partial charge on any atom is 0.418 e. The van der Waals surface area contributed by atoms with Crippen molar-refractivity contribution < 1.29 is 21.6 Å². The zero-order chi connectivity index (χ0) is 22.6. The molecule has 11 heteroatoms. The molecule has 0 aliphatic carbocycles. The monoisotopic (exact) mass is 485 g/mol. The number of rotatable bonds is 5. The average Bonchev–Trinajstić information content (AvgIpc) is 2.69. The molecule has 0 heterocycles. The van der Waals surface area contributed by atoms with Crippen LogP contribution in [0.1, 0.15) is 5.56 Å². The maximum absolute atomic E-state index is 13.1. The number of hydrogen-bond donors (Lipinski definition) is 3. The Morgan fingerprint density at radius 1 is 0.839 bits per heavy atom. The summed E-state index contributed by atoms with van der Waals surface area (Å²) in [5.74, 6) is 0. The molecule has 0 amide bonds. The van der Waals surface area contributed by atoms with Gasteiger partial charge in [0.25, 0.3) is 10.0 Å². The van der Waals surface area contributed by atoms with Gasteiger partial charge in [-0.2, -0.15) is 13.2 Å². The SMILES string of the molecule is O=S(=O)(Nc1ccc(Cl)cc1)c1ccc(NC(=S)Nc2ccccc2C(F)(F)F)cc1. The molecule has 5 nitrogen and oxygen atoms in total. The molecule has 3 N–H and O–H groups in total. The molecule has 31 heavy (non-hydrogen) atoms. The van der Waals surface area contributed by atoms with Gasteiger partial charge in [0.1, 0.15) is 0 Å². The topological polar surface area (TPSA) is 70.2 Å². The van der Waals surface area contributed by atoms with Gasteiger partial charge in [0.15, 0.2) is 5.11 Å². The van der Waals surface area contributed by atoms with Crippen molar-refractivity contribution in [2.75, 3.05) is 15.4 Å². The number of para-hydroxylation sites is 1. The molecule has 0 saturated carbocycles. The molecular formula is C20H15ClF3N3O2S2. The van der Waals surface area contributed by atoms with Crippen LogP contribution in [0.15, 0.2) is 77.7 Å². The Morgan fingerprint density at radius 3 is 2.03 bits per heavy atom. The lowest BCUT2D eigenvalue weighted by molar-refractivity contribution is -0.136. The second kappa shape index (κ2) is 9.13. The van der Waals surface area contributed by atoms with Crippen LogP contribution in [-0.4, -0.2) is 13.5 Å². The van der Waals surface area contributed by atoms with E-state index in [1.165, 1.54) is 54.6 Å². The summed E-state index contributed by atoms with van der Waals surface area (Å²) in [6, 6.07) is 16.7. The van der Waals surface area contributed by atoms with E-state index in [1.807, 2.05) is 0 Å². The van der Waals surface area contributed by atoms with Gasteiger partial charge in [0.2, 0.25) is 0 Å². The minimum atomic E-state index is -4.54. The highest BCUT2D eigenvalue weighted by molar-refractivity contribution is 7.92. The summed E-state index contributed by atoms with van der Waals surface area (Å²) in [5, 5.41) is 5.63. The summed E-state index contributed by atoms with van der Waals surface area (Å²) in [6.07, 6.45) is -4.54. The van der Waals surface area contributed by atoms with Gasteiger partial charge >= 0.3 is 6.18 Å². The summed E-state index contributed by atoms with van der Waals surface area (Å²) >= 11 is 10.9. The van der Waals surface area contributed by atoms with Gasteiger partial charge in [-0.1, -0.05) is 23.7 Å². The molecule has 3 aromatic rings. The van der Waals surface area contributed by atoms with Crippen LogP contribution in [0.3, 0.4) is 0 Å².